The molecule has 4 aliphatic heterocycles. The first-order valence-corrected chi connectivity index (χ1v) is 17.9. The molecular weight excluding hydrogens is 783 g/mol. The molecule has 0 radical (unpaired) electrons. The van der Waals surface area contributed by atoms with Crippen molar-refractivity contribution in [2.45, 2.75) is 55.9 Å². The summed E-state index contributed by atoms with van der Waals surface area (Å²) < 4.78 is 59.3. The van der Waals surface area contributed by atoms with Gasteiger partial charge in [-0.25, -0.2) is 0 Å². The highest BCUT2D eigenvalue weighted by Gasteiger charge is 2.58. The van der Waals surface area contributed by atoms with Crippen molar-refractivity contribution in [2.75, 3.05) is 40.1 Å². The Kier molecular flexibility index (Phi) is 11.4. The fourth-order valence-electron chi connectivity index (χ4n) is 7.39. The molecule has 3 fully saturated rings. The molecule has 10 atom stereocenters. The Labute approximate surface area is 323 Å². The first-order chi connectivity index (χ1) is 26.0. The monoisotopic (exact) mass is 816 g/mol. The number of hydrogen-bond donors (Lipinski definition) is 0. The average Bonchev–Trinajstić information content (AvgIpc) is 3.78. The predicted molar refractivity (Wildman–Crippen MR) is 183 cm³/mol. The van der Waals surface area contributed by atoms with E-state index in [0.29, 0.717) is 28.2 Å². The van der Waals surface area contributed by atoms with E-state index in [2.05, 4.69) is 13.2 Å². The molecular formula is C35H35Cl3O16. The first kappa shape index (κ1) is 38.4. The van der Waals surface area contributed by atoms with Crippen molar-refractivity contribution in [3.8, 4) is 28.7 Å². The van der Waals surface area contributed by atoms with Gasteiger partial charge in [0.2, 0.25) is 17.2 Å². The first-order valence-electron chi connectivity index (χ1n) is 16.6. The molecule has 0 bridgehead atoms. The molecule has 2 aromatic rings. The van der Waals surface area contributed by atoms with Gasteiger partial charge in [-0.05, 0) is 84.2 Å². The minimum Gasteiger partial charge on any atom is -0.492 e. The number of alkyl halides is 1. The fourth-order valence-corrected chi connectivity index (χ4v) is 7.52. The van der Waals surface area contributed by atoms with Gasteiger partial charge in [-0.15, -0.1) is 11.6 Å². The molecule has 0 saturated carbocycles. The van der Waals surface area contributed by atoms with Crippen LogP contribution in [-0.2, 0) is 52.7 Å². The van der Waals surface area contributed by atoms with Crippen LogP contribution in [0.25, 0.3) is 0 Å². The zero-order valence-corrected chi connectivity index (χ0v) is 31.3. The second kappa shape index (κ2) is 16.1. The van der Waals surface area contributed by atoms with Crippen LogP contribution in [0.1, 0.15) is 35.6 Å². The minimum atomic E-state index is -1.35. The summed E-state index contributed by atoms with van der Waals surface area (Å²) in [5, 5.41) is -0.552. The predicted octanol–water partition coefficient (Wildman–Crippen LogP) is 5.11. The molecule has 5 aliphatic rings. The highest BCUT2D eigenvalue weighted by molar-refractivity contribution is 6.28. The quantitative estimate of drug-likeness (QED) is 0.0861. The minimum absolute atomic E-state index is 0.0285. The van der Waals surface area contributed by atoms with Crippen LogP contribution in [0.15, 0.2) is 47.9 Å². The zero-order valence-electron chi connectivity index (χ0n) is 29.0. The summed E-state index contributed by atoms with van der Waals surface area (Å²) in [6.45, 7) is 8.65. The topological polar surface area (TPSA) is 163 Å². The molecule has 54 heavy (non-hydrogen) atoms. The Balaban J connectivity index is 1.33. The summed E-state index contributed by atoms with van der Waals surface area (Å²) in [5.74, 6) is -2.46. The number of rotatable bonds is 13. The lowest BCUT2D eigenvalue weighted by molar-refractivity contribution is -0.417. The lowest BCUT2D eigenvalue weighted by Gasteiger charge is -2.48. The largest absolute Gasteiger partial charge is 0.492 e. The van der Waals surface area contributed by atoms with Crippen molar-refractivity contribution < 1.29 is 76.5 Å². The van der Waals surface area contributed by atoms with Gasteiger partial charge in [0.05, 0.1) is 39.5 Å². The zero-order chi connectivity index (χ0) is 38.3. The summed E-state index contributed by atoms with van der Waals surface area (Å²) >= 11 is 17.5. The molecule has 8 unspecified atom stereocenters. The molecule has 1 aliphatic carbocycles. The Bertz CT molecular complexity index is 1770. The van der Waals surface area contributed by atoms with Crippen LogP contribution in [0.4, 0.5) is 0 Å². The average molecular weight is 818 g/mol. The van der Waals surface area contributed by atoms with Crippen molar-refractivity contribution in [3.63, 3.8) is 0 Å². The number of benzene rings is 2. The van der Waals surface area contributed by atoms with Crippen molar-refractivity contribution in [3.05, 3.63) is 64.6 Å². The van der Waals surface area contributed by atoms with Gasteiger partial charge in [-0.3, -0.25) is 19.4 Å². The van der Waals surface area contributed by atoms with E-state index in [1.54, 1.807) is 31.2 Å². The number of carbonyl (C=O) groups excluding carboxylic acids is 2. The van der Waals surface area contributed by atoms with E-state index in [-0.39, 0.29) is 47.7 Å². The molecule has 0 N–H and O–H groups in total. The summed E-state index contributed by atoms with van der Waals surface area (Å²) in [6, 6.07) is 6.93. The molecule has 0 aromatic heterocycles. The third-order valence-corrected chi connectivity index (χ3v) is 9.86. The summed E-state index contributed by atoms with van der Waals surface area (Å²) in [7, 11) is 2.86. The van der Waals surface area contributed by atoms with Crippen LogP contribution in [0, 0.1) is 11.8 Å². The van der Waals surface area contributed by atoms with Crippen LogP contribution >= 0.6 is 34.8 Å². The lowest BCUT2D eigenvalue weighted by Crippen LogP contribution is -2.65. The smallest absolute Gasteiger partial charge is 0.321 e. The lowest BCUT2D eigenvalue weighted by atomic mass is 9.66. The SMILES string of the molecule is C=C(Cl)OOc1c(OC)cc([C@@H]2c3cc4c(cc3C(OC3OC5COC(C)OC5C(OC(=O)CCl)C3OOC(=C)Cl)C3COC(=O)[C@@H]32)OCO4)cc1OC. The third-order valence-electron chi connectivity index (χ3n) is 9.52. The maximum atomic E-state index is 13.8. The van der Waals surface area contributed by atoms with E-state index in [1.165, 1.54) is 14.2 Å². The number of fused-ring (bicyclic) bond motifs is 4. The van der Waals surface area contributed by atoms with E-state index in [1.807, 2.05) is 0 Å². The van der Waals surface area contributed by atoms with Crippen LogP contribution < -0.4 is 23.8 Å². The number of hydrogen-bond acceptors (Lipinski definition) is 16. The standard InChI is InChI=1S/C35H35Cl3O16/c1-14(37)51-53-30-23(41-4)6-17(7-24(30)42-5)27-18-8-21-22(46-13-45-21)9-19(18)29(20-11-44-34(40)28(20)27)50-35-33(54-52-15(2)38)32(49-26(39)10-36)31-25(48-35)12-43-16(3)47-31/h6-9,16,20,25,27-29,31-33,35H,1-2,10-13H2,3-5H3/t16?,20?,25?,27-,28+,29?,31?,32?,33?,35?/m1/s1. The highest BCUT2D eigenvalue weighted by atomic mass is 35.5. The van der Waals surface area contributed by atoms with Crippen molar-refractivity contribution in [1.82, 2.24) is 0 Å². The van der Waals surface area contributed by atoms with Gasteiger partial charge in [-0.1, -0.05) is 0 Å². The van der Waals surface area contributed by atoms with Crippen LogP contribution in [-0.4, -0.2) is 89.0 Å². The molecule has 19 heteroatoms. The van der Waals surface area contributed by atoms with Gasteiger partial charge in [0.25, 0.3) is 5.75 Å². The number of carbonyl (C=O) groups is 2. The van der Waals surface area contributed by atoms with E-state index < -0.39 is 78.7 Å². The van der Waals surface area contributed by atoms with E-state index in [9.17, 15) is 9.59 Å². The summed E-state index contributed by atoms with van der Waals surface area (Å²) in [4.78, 5) is 47.7. The molecule has 3 saturated heterocycles. The maximum absolute atomic E-state index is 13.8. The van der Waals surface area contributed by atoms with Crippen LogP contribution in [0.3, 0.4) is 0 Å². The Morgan fingerprint density at radius 2 is 1.59 bits per heavy atom. The van der Waals surface area contributed by atoms with E-state index >= 15 is 0 Å². The number of methoxy groups -OCH3 is 2. The maximum Gasteiger partial charge on any atom is 0.321 e. The molecule has 292 valence electrons. The van der Waals surface area contributed by atoms with Gasteiger partial charge < -0.3 is 52.3 Å². The molecule has 0 spiro atoms. The van der Waals surface area contributed by atoms with Gasteiger partial charge in [-0.2, -0.15) is 4.89 Å². The Morgan fingerprint density at radius 3 is 2.24 bits per heavy atom. The highest BCUT2D eigenvalue weighted by Crippen LogP contribution is 2.57. The second-order valence-corrected chi connectivity index (χ2v) is 13.7. The molecule has 2 aromatic carbocycles. The molecule has 4 heterocycles. The van der Waals surface area contributed by atoms with Crippen molar-refractivity contribution in [2.24, 2.45) is 11.8 Å². The fraction of sp³-hybridized carbons (Fsp3) is 0.486. The van der Waals surface area contributed by atoms with Gasteiger partial charge >= 0.3 is 11.9 Å². The van der Waals surface area contributed by atoms with Gasteiger partial charge in [0.1, 0.15) is 18.1 Å². The third kappa shape index (κ3) is 7.41. The Morgan fingerprint density at radius 1 is 0.907 bits per heavy atom. The van der Waals surface area contributed by atoms with Crippen molar-refractivity contribution in [1.29, 1.82) is 0 Å². The van der Waals surface area contributed by atoms with Crippen LogP contribution in [0.2, 0.25) is 0 Å². The summed E-state index contributed by atoms with van der Waals surface area (Å²) in [6.07, 6.45) is -7.13. The number of cyclic esters (lactones) is 1. The van der Waals surface area contributed by atoms with E-state index in [0.717, 1.165) is 0 Å². The number of esters is 2. The van der Waals surface area contributed by atoms with Crippen molar-refractivity contribution >= 4 is 46.7 Å². The van der Waals surface area contributed by atoms with Gasteiger partial charge in [0, 0.05) is 11.8 Å². The molecule has 0 amide bonds. The second-order valence-electron chi connectivity index (χ2n) is 12.6. The number of ether oxygens (including phenoxy) is 10. The molecule has 7 rings (SSSR count). The molecule has 16 nitrogen and oxygen atoms in total. The van der Waals surface area contributed by atoms with Crippen LogP contribution in [0.5, 0.6) is 28.7 Å². The van der Waals surface area contributed by atoms with E-state index in [4.69, 9.17) is 102 Å². The summed E-state index contributed by atoms with van der Waals surface area (Å²) in [5.41, 5.74) is 1.83. The normalized spacial score (nSPS) is 30.5. The Hall–Kier alpha value is -3.87. The van der Waals surface area contributed by atoms with Gasteiger partial charge in [0.15, 0.2) is 47.8 Å². The number of halogens is 3.